The van der Waals surface area contributed by atoms with Crippen molar-refractivity contribution >= 4 is 17.3 Å². The van der Waals surface area contributed by atoms with Gasteiger partial charge in [0.2, 0.25) is 0 Å². The minimum atomic E-state index is 0.0694. The summed E-state index contributed by atoms with van der Waals surface area (Å²) >= 11 is 0. The molecule has 1 N–H and O–H groups in total. The van der Waals surface area contributed by atoms with E-state index in [4.69, 9.17) is 4.42 Å². The summed E-state index contributed by atoms with van der Waals surface area (Å²) in [5.74, 6) is 0.402. The number of hydrogen-bond acceptors (Lipinski definition) is 3. The molecule has 0 aliphatic carbocycles. The van der Waals surface area contributed by atoms with Crippen LogP contribution in [0.2, 0.25) is 0 Å². The summed E-state index contributed by atoms with van der Waals surface area (Å²) in [5, 5.41) is 10.8. The average molecular weight is 238 g/mol. The zero-order valence-corrected chi connectivity index (χ0v) is 9.46. The Bertz CT molecular complexity index is 725. The summed E-state index contributed by atoms with van der Waals surface area (Å²) in [6.07, 6.45) is 0.752. The van der Waals surface area contributed by atoms with Gasteiger partial charge in [0.1, 0.15) is 5.58 Å². The van der Waals surface area contributed by atoms with E-state index in [9.17, 15) is 9.90 Å². The Labute approximate surface area is 103 Å². The van der Waals surface area contributed by atoms with Crippen molar-refractivity contribution in [1.29, 1.82) is 0 Å². The smallest absolute Gasteiger partial charge is 0.177 e. The van der Waals surface area contributed by atoms with Gasteiger partial charge in [0.15, 0.2) is 17.8 Å². The standard InChI is InChI=1S/C15H10O3/c16-9-10-5-1-2-6-11(10)15-14(17)12-7-3-4-8-13(12)18-15/h1-9,17H. The second-order valence-electron chi connectivity index (χ2n) is 3.98. The Hall–Kier alpha value is -2.55. The fourth-order valence-electron chi connectivity index (χ4n) is 2.02. The molecular formula is C15H10O3. The first kappa shape index (κ1) is 10.6. The molecule has 3 heteroatoms. The van der Waals surface area contributed by atoms with Crippen molar-refractivity contribution in [3.05, 3.63) is 54.1 Å². The summed E-state index contributed by atoms with van der Waals surface area (Å²) in [6, 6.07) is 14.2. The molecule has 0 spiro atoms. The van der Waals surface area contributed by atoms with Gasteiger partial charge in [-0.1, -0.05) is 36.4 Å². The number of furan rings is 1. The van der Waals surface area contributed by atoms with Crippen LogP contribution < -0.4 is 0 Å². The molecule has 0 saturated heterocycles. The van der Waals surface area contributed by atoms with E-state index in [0.717, 1.165) is 6.29 Å². The monoisotopic (exact) mass is 238 g/mol. The molecule has 88 valence electrons. The van der Waals surface area contributed by atoms with Crippen LogP contribution in [0.25, 0.3) is 22.3 Å². The van der Waals surface area contributed by atoms with E-state index >= 15 is 0 Å². The Balaban J connectivity index is 2.32. The minimum Gasteiger partial charge on any atom is -0.504 e. The molecule has 0 amide bonds. The molecule has 0 atom stereocenters. The van der Waals surface area contributed by atoms with Crippen LogP contribution in [-0.2, 0) is 0 Å². The van der Waals surface area contributed by atoms with Crippen molar-refractivity contribution < 1.29 is 14.3 Å². The number of carbonyl (C=O) groups is 1. The zero-order valence-electron chi connectivity index (χ0n) is 9.46. The maximum Gasteiger partial charge on any atom is 0.177 e. The van der Waals surface area contributed by atoms with Crippen LogP contribution in [0.15, 0.2) is 52.9 Å². The van der Waals surface area contributed by atoms with Gasteiger partial charge in [-0.15, -0.1) is 0 Å². The quantitative estimate of drug-likeness (QED) is 0.694. The lowest BCUT2D eigenvalue weighted by Gasteiger charge is -2.00. The predicted molar refractivity (Wildman–Crippen MR) is 68.7 cm³/mol. The third kappa shape index (κ3) is 1.49. The highest BCUT2D eigenvalue weighted by atomic mass is 16.4. The highest BCUT2D eigenvalue weighted by Gasteiger charge is 2.16. The molecule has 3 aromatic rings. The largest absolute Gasteiger partial charge is 0.504 e. The molecule has 0 bridgehead atoms. The lowest BCUT2D eigenvalue weighted by Crippen LogP contribution is -1.85. The highest BCUT2D eigenvalue weighted by molar-refractivity contribution is 5.95. The predicted octanol–water partition coefficient (Wildman–Crippen LogP) is 3.62. The summed E-state index contributed by atoms with van der Waals surface area (Å²) in [6.45, 7) is 0. The van der Waals surface area contributed by atoms with Crippen LogP contribution in [0.4, 0.5) is 0 Å². The molecule has 0 aliphatic heterocycles. The number of benzene rings is 2. The van der Waals surface area contributed by atoms with Crippen molar-refractivity contribution in [2.75, 3.05) is 0 Å². The van der Waals surface area contributed by atoms with Crippen LogP contribution in [0.3, 0.4) is 0 Å². The summed E-state index contributed by atoms with van der Waals surface area (Å²) in [5.41, 5.74) is 1.69. The van der Waals surface area contributed by atoms with Gasteiger partial charge < -0.3 is 9.52 Å². The maximum atomic E-state index is 11.0. The first-order valence-corrected chi connectivity index (χ1v) is 5.56. The van der Waals surface area contributed by atoms with E-state index < -0.39 is 0 Å². The van der Waals surface area contributed by atoms with E-state index in [0.29, 0.717) is 27.9 Å². The van der Waals surface area contributed by atoms with Gasteiger partial charge in [-0.25, -0.2) is 0 Å². The normalized spacial score (nSPS) is 10.7. The zero-order chi connectivity index (χ0) is 12.5. The van der Waals surface area contributed by atoms with Crippen LogP contribution >= 0.6 is 0 Å². The molecule has 18 heavy (non-hydrogen) atoms. The first-order valence-electron chi connectivity index (χ1n) is 5.56. The van der Waals surface area contributed by atoms with Crippen molar-refractivity contribution in [2.45, 2.75) is 0 Å². The molecule has 3 nitrogen and oxygen atoms in total. The van der Waals surface area contributed by atoms with Gasteiger partial charge in [0, 0.05) is 11.1 Å². The van der Waals surface area contributed by atoms with Crippen LogP contribution in [0, 0.1) is 0 Å². The second kappa shape index (κ2) is 4.04. The van der Waals surface area contributed by atoms with Gasteiger partial charge in [-0.3, -0.25) is 4.79 Å². The van der Waals surface area contributed by atoms with Gasteiger partial charge in [-0.2, -0.15) is 0 Å². The van der Waals surface area contributed by atoms with Gasteiger partial charge in [0.05, 0.1) is 5.39 Å². The SMILES string of the molecule is O=Cc1ccccc1-c1oc2ccccc2c1O. The lowest BCUT2D eigenvalue weighted by molar-refractivity contribution is 0.112. The Kier molecular flexibility index (Phi) is 2.38. The molecule has 1 heterocycles. The Morgan fingerprint density at radius 2 is 1.72 bits per heavy atom. The number of aldehydes is 1. The molecule has 0 fully saturated rings. The van der Waals surface area contributed by atoms with E-state index in [-0.39, 0.29) is 5.75 Å². The second-order valence-corrected chi connectivity index (χ2v) is 3.98. The van der Waals surface area contributed by atoms with Crippen molar-refractivity contribution in [1.82, 2.24) is 0 Å². The topological polar surface area (TPSA) is 50.4 Å². The fourth-order valence-corrected chi connectivity index (χ4v) is 2.02. The molecule has 0 aliphatic rings. The van der Waals surface area contributed by atoms with Crippen molar-refractivity contribution in [2.24, 2.45) is 0 Å². The number of hydrogen-bond donors (Lipinski definition) is 1. The summed E-state index contributed by atoms with van der Waals surface area (Å²) in [4.78, 5) is 11.0. The molecule has 0 saturated carbocycles. The van der Waals surface area contributed by atoms with Gasteiger partial charge in [0.25, 0.3) is 0 Å². The third-order valence-electron chi connectivity index (χ3n) is 2.90. The third-order valence-corrected chi connectivity index (χ3v) is 2.90. The summed E-state index contributed by atoms with van der Waals surface area (Å²) < 4.78 is 5.62. The van der Waals surface area contributed by atoms with E-state index in [2.05, 4.69) is 0 Å². The van der Waals surface area contributed by atoms with Crippen LogP contribution in [0.5, 0.6) is 5.75 Å². The van der Waals surface area contributed by atoms with Gasteiger partial charge >= 0.3 is 0 Å². The van der Waals surface area contributed by atoms with Gasteiger partial charge in [-0.05, 0) is 12.1 Å². The minimum absolute atomic E-state index is 0.0694. The van der Waals surface area contributed by atoms with Crippen LogP contribution in [0.1, 0.15) is 10.4 Å². The fraction of sp³-hybridized carbons (Fsp3) is 0. The highest BCUT2D eigenvalue weighted by Crippen LogP contribution is 2.39. The number of fused-ring (bicyclic) bond motifs is 1. The van der Waals surface area contributed by atoms with Crippen LogP contribution in [-0.4, -0.2) is 11.4 Å². The summed E-state index contributed by atoms with van der Waals surface area (Å²) in [7, 11) is 0. The molecule has 1 aromatic heterocycles. The molecule has 0 unspecified atom stereocenters. The molecule has 3 rings (SSSR count). The van der Waals surface area contributed by atoms with Crippen molar-refractivity contribution in [3.8, 4) is 17.1 Å². The van der Waals surface area contributed by atoms with E-state index in [1.165, 1.54) is 0 Å². The number of aromatic hydroxyl groups is 1. The van der Waals surface area contributed by atoms with Crippen molar-refractivity contribution in [3.63, 3.8) is 0 Å². The molecule has 2 aromatic carbocycles. The van der Waals surface area contributed by atoms with E-state index in [1.54, 1.807) is 36.4 Å². The average Bonchev–Trinajstić information content (AvgIpc) is 2.76. The first-order chi connectivity index (χ1) is 8.81. The maximum absolute atomic E-state index is 11.0. The number of para-hydroxylation sites is 1. The Morgan fingerprint density at radius 1 is 1.00 bits per heavy atom. The molecule has 0 radical (unpaired) electrons. The number of carbonyl (C=O) groups excluding carboxylic acids is 1. The number of rotatable bonds is 2. The lowest BCUT2D eigenvalue weighted by atomic mass is 10.1. The van der Waals surface area contributed by atoms with E-state index in [1.807, 2.05) is 12.1 Å². The Morgan fingerprint density at radius 3 is 2.50 bits per heavy atom. The molecular weight excluding hydrogens is 228 g/mol.